The van der Waals surface area contributed by atoms with Crippen molar-refractivity contribution in [2.45, 2.75) is 19.7 Å². The van der Waals surface area contributed by atoms with Crippen LogP contribution in [0.15, 0.2) is 54.7 Å². The van der Waals surface area contributed by atoms with Gasteiger partial charge in [0.25, 0.3) is 0 Å². The third-order valence-corrected chi connectivity index (χ3v) is 5.23. The highest BCUT2D eigenvalue weighted by atomic mass is 16.3. The van der Waals surface area contributed by atoms with Gasteiger partial charge in [0.15, 0.2) is 0 Å². The second kappa shape index (κ2) is 7.40. The van der Waals surface area contributed by atoms with Crippen LogP contribution >= 0.6 is 0 Å². The monoisotopic (exact) mass is 335 g/mol. The van der Waals surface area contributed by atoms with Crippen LogP contribution in [0.5, 0.6) is 0 Å². The van der Waals surface area contributed by atoms with Crippen molar-refractivity contribution in [1.29, 1.82) is 0 Å². The highest BCUT2D eigenvalue weighted by Crippen LogP contribution is 2.20. The van der Waals surface area contributed by atoms with Crippen LogP contribution < -0.4 is 0 Å². The van der Waals surface area contributed by atoms with E-state index < -0.39 is 0 Å². The fourth-order valence-electron chi connectivity index (χ4n) is 3.74. The van der Waals surface area contributed by atoms with Gasteiger partial charge in [0, 0.05) is 56.4 Å². The van der Waals surface area contributed by atoms with Gasteiger partial charge in [0.2, 0.25) is 0 Å². The molecular weight excluding hydrogens is 310 g/mol. The molecule has 1 aliphatic rings. The molecule has 0 saturated carbocycles. The predicted molar refractivity (Wildman–Crippen MR) is 101 cm³/mol. The van der Waals surface area contributed by atoms with E-state index in [1.165, 1.54) is 22.0 Å². The topological polar surface area (TPSA) is 42.5 Å². The molecule has 0 spiro atoms. The molecule has 25 heavy (non-hydrogen) atoms. The van der Waals surface area contributed by atoms with Crippen LogP contribution in [0.2, 0.25) is 0 Å². The molecule has 1 saturated heterocycles. The van der Waals surface area contributed by atoms with Gasteiger partial charge in [-0.25, -0.2) is 0 Å². The van der Waals surface area contributed by atoms with Crippen LogP contribution in [-0.2, 0) is 19.7 Å². The number of piperazine rings is 1. The van der Waals surface area contributed by atoms with Gasteiger partial charge in [-0.3, -0.25) is 9.80 Å². The summed E-state index contributed by atoms with van der Waals surface area (Å²) in [5.74, 6) is 0. The van der Waals surface area contributed by atoms with Crippen molar-refractivity contribution in [3.8, 4) is 0 Å². The maximum atomic E-state index is 9.49. The quantitative estimate of drug-likeness (QED) is 0.753. The van der Waals surface area contributed by atoms with Crippen LogP contribution in [0.25, 0.3) is 10.9 Å². The summed E-state index contributed by atoms with van der Waals surface area (Å²) in [5.41, 5.74) is 4.91. The zero-order valence-electron chi connectivity index (χ0n) is 14.5. The average molecular weight is 335 g/mol. The normalized spacial score (nSPS) is 16.5. The smallest absolute Gasteiger partial charge is 0.0685 e. The Bertz CT molecular complexity index is 834. The Labute approximate surface area is 148 Å². The summed E-state index contributed by atoms with van der Waals surface area (Å²) < 4.78 is 0. The number of aromatic nitrogens is 1. The summed E-state index contributed by atoms with van der Waals surface area (Å²) >= 11 is 0. The number of nitrogens with zero attached hydrogens (tertiary/aromatic N) is 2. The lowest BCUT2D eigenvalue weighted by molar-refractivity contribution is 0.121. The molecule has 1 fully saturated rings. The van der Waals surface area contributed by atoms with Crippen LogP contribution in [0, 0.1) is 0 Å². The Hall–Kier alpha value is -2.14. The van der Waals surface area contributed by atoms with Gasteiger partial charge in [0.05, 0.1) is 6.61 Å². The van der Waals surface area contributed by atoms with Crippen molar-refractivity contribution in [2.24, 2.45) is 0 Å². The van der Waals surface area contributed by atoms with Crippen molar-refractivity contribution in [2.75, 3.05) is 26.2 Å². The van der Waals surface area contributed by atoms with Crippen LogP contribution in [-0.4, -0.2) is 46.1 Å². The van der Waals surface area contributed by atoms with E-state index in [1.807, 2.05) is 18.3 Å². The third-order valence-electron chi connectivity index (χ3n) is 5.23. The minimum absolute atomic E-state index is 0.122. The molecule has 1 aromatic heterocycles. The molecule has 0 aliphatic carbocycles. The average Bonchev–Trinajstić information content (AvgIpc) is 3.14. The maximum Gasteiger partial charge on any atom is 0.0685 e. The van der Waals surface area contributed by atoms with Crippen LogP contribution in [0.3, 0.4) is 0 Å². The molecular formula is C21H25N3O. The largest absolute Gasteiger partial charge is 0.392 e. The molecule has 2 heterocycles. The van der Waals surface area contributed by atoms with Crippen molar-refractivity contribution >= 4 is 10.9 Å². The minimum atomic E-state index is 0.122. The SMILES string of the molecule is OCc1ccccc1CN1CCN(Cc2cccc3[nH]ccc23)CC1. The minimum Gasteiger partial charge on any atom is -0.392 e. The number of nitrogens with one attached hydrogen (secondary N) is 1. The van der Waals surface area contributed by atoms with Crippen LogP contribution in [0.1, 0.15) is 16.7 Å². The Morgan fingerprint density at radius 2 is 1.40 bits per heavy atom. The fourth-order valence-corrected chi connectivity index (χ4v) is 3.74. The Balaban J connectivity index is 1.36. The first-order chi connectivity index (χ1) is 12.3. The highest BCUT2D eigenvalue weighted by Gasteiger charge is 2.18. The third kappa shape index (κ3) is 3.61. The standard InChI is InChI=1S/C21H25N3O/c25-16-19-5-2-1-4-17(19)14-23-10-12-24(13-11-23)15-18-6-3-7-21-20(18)8-9-22-21/h1-9,22,25H,10-16H2. The predicted octanol–water partition coefficient (Wildman–Crippen LogP) is 2.98. The van der Waals surface area contributed by atoms with Crippen molar-refractivity contribution in [3.63, 3.8) is 0 Å². The Morgan fingerprint density at radius 1 is 0.760 bits per heavy atom. The lowest BCUT2D eigenvalue weighted by Gasteiger charge is -2.35. The van der Waals surface area contributed by atoms with Gasteiger partial charge in [0.1, 0.15) is 0 Å². The summed E-state index contributed by atoms with van der Waals surface area (Å²) in [4.78, 5) is 8.32. The number of benzene rings is 2. The first kappa shape index (κ1) is 16.3. The van der Waals surface area contributed by atoms with Gasteiger partial charge in [-0.1, -0.05) is 36.4 Å². The summed E-state index contributed by atoms with van der Waals surface area (Å²) in [6.07, 6.45) is 2.02. The van der Waals surface area contributed by atoms with E-state index in [2.05, 4.69) is 51.2 Å². The number of aliphatic hydroxyl groups excluding tert-OH is 1. The zero-order chi connectivity index (χ0) is 17.1. The first-order valence-electron chi connectivity index (χ1n) is 9.01. The molecule has 3 aromatic rings. The summed E-state index contributed by atoms with van der Waals surface area (Å²) in [6, 6.07) is 16.9. The first-order valence-corrected chi connectivity index (χ1v) is 9.01. The van der Waals surface area contributed by atoms with E-state index in [0.717, 1.165) is 44.8 Å². The van der Waals surface area contributed by atoms with Gasteiger partial charge in [-0.2, -0.15) is 0 Å². The van der Waals surface area contributed by atoms with Crippen LogP contribution in [0.4, 0.5) is 0 Å². The Morgan fingerprint density at radius 3 is 2.12 bits per heavy atom. The molecule has 4 rings (SSSR count). The van der Waals surface area contributed by atoms with Gasteiger partial charge < -0.3 is 10.1 Å². The van der Waals surface area contributed by atoms with Crippen molar-refractivity contribution < 1.29 is 5.11 Å². The molecule has 1 aliphatic heterocycles. The fraction of sp³-hybridized carbons (Fsp3) is 0.333. The van der Waals surface area contributed by atoms with E-state index in [1.54, 1.807) is 0 Å². The maximum absolute atomic E-state index is 9.49. The number of hydrogen-bond donors (Lipinski definition) is 2. The van der Waals surface area contributed by atoms with Crippen molar-refractivity contribution in [3.05, 3.63) is 71.4 Å². The molecule has 0 unspecified atom stereocenters. The molecule has 2 aromatic carbocycles. The number of rotatable bonds is 5. The molecule has 0 radical (unpaired) electrons. The number of aliphatic hydroxyl groups is 1. The molecule has 0 amide bonds. The summed E-state index contributed by atoms with van der Waals surface area (Å²) in [7, 11) is 0. The number of H-pyrrole nitrogens is 1. The summed E-state index contributed by atoms with van der Waals surface area (Å²) in [6.45, 7) is 6.38. The van der Waals surface area contributed by atoms with E-state index in [9.17, 15) is 5.11 Å². The van der Waals surface area contributed by atoms with Crippen molar-refractivity contribution in [1.82, 2.24) is 14.8 Å². The van der Waals surface area contributed by atoms with E-state index in [4.69, 9.17) is 0 Å². The van der Waals surface area contributed by atoms with E-state index >= 15 is 0 Å². The second-order valence-electron chi connectivity index (χ2n) is 6.84. The van der Waals surface area contributed by atoms with Gasteiger partial charge in [-0.15, -0.1) is 0 Å². The molecule has 4 nitrogen and oxygen atoms in total. The molecule has 2 N–H and O–H groups in total. The van der Waals surface area contributed by atoms with Gasteiger partial charge in [-0.05, 0) is 28.8 Å². The second-order valence-corrected chi connectivity index (χ2v) is 6.84. The molecule has 0 bridgehead atoms. The summed E-state index contributed by atoms with van der Waals surface area (Å²) in [5, 5.41) is 10.8. The zero-order valence-corrected chi connectivity index (χ0v) is 14.5. The van der Waals surface area contributed by atoms with E-state index in [-0.39, 0.29) is 6.61 Å². The Kier molecular flexibility index (Phi) is 4.83. The lowest BCUT2D eigenvalue weighted by atomic mass is 10.1. The van der Waals surface area contributed by atoms with Gasteiger partial charge >= 0.3 is 0 Å². The van der Waals surface area contributed by atoms with E-state index in [0.29, 0.717) is 0 Å². The highest BCUT2D eigenvalue weighted by molar-refractivity contribution is 5.82. The molecule has 130 valence electrons. The number of aromatic amines is 1. The number of hydrogen-bond acceptors (Lipinski definition) is 3. The number of fused-ring (bicyclic) bond motifs is 1. The molecule has 0 atom stereocenters. The lowest BCUT2D eigenvalue weighted by Crippen LogP contribution is -2.45. The molecule has 4 heteroatoms.